The van der Waals surface area contributed by atoms with Crippen molar-refractivity contribution in [2.24, 2.45) is 0 Å². The van der Waals surface area contributed by atoms with Gasteiger partial charge >= 0.3 is 0 Å². The van der Waals surface area contributed by atoms with Gasteiger partial charge in [0.2, 0.25) is 11.9 Å². The molecule has 1 saturated heterocycles. The second kappa shape index (κ2) is 7.00. The van der Waals surface area contributed by atoms with E-state index in [0.29, 0.717) is 43.0 Å². The van der Waals surface area contributed by atoms with Crippen LogP contribution in [-0.2, 0) is 4.79 Å². The third-order valence-electron chi connectivity index (χ3n) is 4.01. The summed E-state index contributed by atoms with van der Waals surface area (Å²) in [6.07, 6.45) is 1.59. The predicted octanol–water partition coefficient (Wildman–Crippen LogP) is 2.25. The van der Waals surface area contributed by atoms with E-state index in [0.717, 1.165) is 11.3 Å². The maximum Gasteiger partial charge on any atom is 0.247 e. The first-order valence-corrected chi connectivity index (χ1v) is 8.14. The zero-order valence-corrected chi connectivity index (χ0v) is 14.4. The van der Waals surface area contributed by atoms with Crippen molar-refractivity contribution in [2.45, 2.75) is 13.8 Å². The van der Waals surface area contributed by atoms with Crippen LogP contribution < -0.4 is 10.2 Å². The standard InChI is InChI=1S/C16H19ClN6O/c1-11-9-13(17)3-4-14(11)19-15-10-18-21-16(20-15)23-7-5-22(6-8-23)12(2)24/h3-4,9-10H,5-8H2,1-2H3,(H,19,20,21). The zero-order chi connectivity index (χ0) is 17.1. The Balaban J connectivity index is 1.71. The molecule has 1 aromatic carbocycles. The molecule has 126 valence electrons. The maximum atomic E-state index is 11.4. The summed E-state index contributed by atoms with van der Waals surface area (Å²) in [7, 11) is 0. The van der Waals surface area contributed by atoms with Gasteiger partial charge in [-0.2, -0.15) is 10.1 Å². The van der Waals surface area contributed by atoms with E-state index < -0.39 is 0 Å². The van der Waals surface area contributed by atoms with Gasteiger partial charge in [0, 0.05) is 43.8 Å². The van der Waals surface area contributed by atoms with E-state index in [2.05, 4.69) is 20.5 Å². The third kappa shape index (κ3) is 3.73. The molecule has 1 aliphatic heterocycles. The van der Waals surface area contributed by atoms with Crippen molar-refractivity contribution in [1.29, 1.82) is 0 Å². The molecule has 0 radical (unpaired) electrons. The molecule has 1 N–H and O–H groups in total. The molecular formula is C16H19ClN6O. The molecule has 0 saturated carbocycles. The van der Waals surface area contributed by atoms with Crippen molar-refractivity contribution >= 4 is 35.0 Å². The maximum absolute atomic E-state index is 11.4. The van der Waals surface area contributed by atoms with E-state index in [1.165, 1.54) is 0 Å². The normalized spacial score (nSPS) is 14.6. The van der Waals surface area contributed by atoms with Crippen LogP contribution in [-0.4, -0.2) is 52.2 Å². The largest absolute Gasteiger partial charge is 0.339 e. The summed E-state index contributed by atoms with van der Waals surface area (Å²) >= 11 is 5.98. The van der Waals surface area contributed by atoms with E-state index in [-0.39, 0.29) is 5.91 Å². The van der Waals surface area contributed by atoms with Crippen LogP contribution >= 0.6 is 11.6 Å². The quantitative estimate of drug-likeness (QED) is 0.918. The number of hydrogen-bond donors (Lipinski definition) is 1. The second-order valence-corrected chi connectivity index (χ2v) is 6.16. The Morgan fingerprint density at radius 3 is 2.67 bits per heavy atom. The minimum Gasteiger partial charge on any atom is -0.339 e. The Bertz CT molecular complexity index is 745. The molecule has 0 unspecified atom stereocenters. The van der Waals surface area contributed by atoms with Crippen LogP contribution in [0.25, 0.3) is 0 Å². The summed E-state index contributed by atoms with van der Waals surface area (Å²) in [5.74, 6) is 1.29. The average molecular weight is 347 g/mol. The summed E-state index contributed by atoms with van der Waals surface area (Å²) < 4.78 is 0. The Morgan fingerprint density at radius 1 is 1.25 bits per heavy atom. The van der Waals surface area contributed by atoms with Crippen molar-refractivity contribution in [3.63, 3.8) is 0 Å². The number of aryl methyl sites for hydroxylation is 1. The van der Waals surface area contributed by atoms with Gasteiger partial charge in [0.25, 0.3) is 0 Å². The lowest BCUT2D eigenvalue weighted by molar-refractivity contribution is -0.129. The van der Waals surface area contributed by atoms with E-state index >= 15 is 0 Å². The molecule has 0 spiro atoms. The van der Waals surface area contributed by atoms with Crippen LogP contribution in [0, 0.1) is 6.92 Å². The molecule has 1 amide bonds. The Labute approximate surface area is 145 Å². The summed E-state index contributed by atoms with van der Waals surface area (Å²) in [5.41, 5.74) is 1.95. The van der Waals surface area contributed by atoms with Gasteiger partial charge in [0.15, 0.2) is 5.82 Å². The number of carbonyl (C=O) groups is 1. The van der Waals surface area contributed by atoms with Gasteiger partial charge < -0.3 is 15.1 Å². The summed E-state index contributed by atoms with van der Waals surface area (Å²) in [6, 6.07) is 5.62. The van der Waals surface area contributed by atoms with E-state index in [1.807, 2.05) is 34.9 Å². The minimum absolute atomic E-state index is 0.0994. The number of benzene rings is 1. The first-order valence-electron chi connectivity index (χ1n) is 7.76. The first-order chi connectivity index (χ1) is 11.5. The first kappa shape index (κ1) is 16.4. The third-order valence-corrected chi connectivity index (χ3v) is 4.24. The number of piperazine rings is 1. The molecule has 8 heteroatoms. The molecule has 1 fully saturated rings. The van der Waals surface area contributed by atoms with Gasteiger partial charge in [-0.05, 0) is 30.7 Å². The molecule has 1 aromatic heterocycles. The number of hydrogen-bond acceptors (Lipinski definition) is 6. The van der Waals surface area contributed by atoms with Crippen molar-refractivity contribution in [1.82, 2.24) is 20.1 Å². The molecule has 2 heterocycles. The fraction of sp³-hybridized carbons (Fsp3) is 0.375. The highest BCUT2D eigenvalue weighted by Gasteiger charge is 2.21. The van der Waals surface area contributed by atoms with Crippen LogP contribution in [0.5, 0.6) is 0 Å². The SMILES string of the molecule is CC(=O)N1CCN(c2nncc(Nc3ccc(Cl)cc3C)n2)CC1. The molecule has 24 heavy (non-hydrogen) atoms. The Morgan fingerprint density at radius 2 is 2.00 bits per heavy atom. The number of halogens is 1. The molecule has 0 atom stereocenters. The van der Waals surface area contributed by atoms with Crippen molar-refractivity contribution < 1.29 is 4.79 Å². The van der Waals surface area contributed by atoms with Crippen LogP contribution in [0.2, 0.25) is 5.02 Å². The van der Waals surface area contributed by atoms with Gasteiger partial charge in [-0.1, -0.05) is 11.6 Å². The van der Waals surface area contributed by atoms with Gasteiger partial charge in [-0.15, -0.1) is 5.10 Å². The summed E-state index contributed by atoms with van der Waals surface area (Å²) in [5, 5.41) is 12.1. The Hall–Kier alpha value is -2.41. The number of nitrogens with one attached hydrogen (secondary N) is 1. The number of rotatable bonds is 3. The van der Waals surface area contributed by atoms with Gasteiger partial charge in [-0.3, -0.25) is 4.79 Å². The summed E-state index contributed by atoms with van der Waals surface area (Å²) in [4.78, 5) is 19.8. The van der Waals surface area contributed by atoms with E-state index in [9.17, 15) is 4.79 Å². The van der Waals surface area contributed by atoms with Gasteiger partial charge in [0.1, 0.15) is 0 Å². The van der Waals surface area contributed by atoms with Crippen LogP contribution in [0.4, 0.5) is 17.5 Å². The molecule has 1 aliphatic rings. The minimum atomic E-state index is 0.0994. The number of aromatic nitrogens is 3. The monoisotopic (exact) mass is 346 g/mol. The Kier molecular flexibility index (Phi) is 4.80. The van der Waals surface area contributed by atoms with Crippen molar-refractivity contribution in [2.75, 3.05) is 36.4 Å². The zero-order valence-electron chi connectivity index (χ0n) is 13.7. The lowest BCUT2D eigenvalue weighted by Gasteiger charge is -2.33. The molecule has 0 aliphatic carbocycles. The van der Waals surface area contributed by atoms with Crippen molar-refractivity contribution in [3.8, 4) is 0 Å². The topological polar surface area (TPSA) is 74.2 Å². The van der Waals surface area contributed by atoms with Crippen LogP contribution in [0.3, 0.4) is 0 Å². The number of anilines is 3. The van der Waals surface area contributed by atoms with Crippen molar-refractivity contribution in [3.05, 3.63) is 35.0 Å². The fourth-order valence-electron chi connectivity index (χ4n) is 2.61. The second-order valence-electron chi connectivity index (χ2n) is 5.72. The average Bonchev–Trinajstić information content (AvgIpc) is 2.58. The van der Waals surface area contributed by atoms with E-state index in [1.54, 1.807) is 13.1 Å². The molecular weight excluding hydrogens is 328 g/mol. The predicted molar refractivity (Wildman–Crippen MR) is 93.8 cm³/mol. The number of carbonyl (C=O) groups excluding carboxylic acids is 1. The number of nitrogens with zero attached hydrogens (tertiary/aromatic N) is 5. The molecule has 3 rings (SSSR count). The van der Waals surface area contributed by atoms with Gasteiger partial charge in [-0.25, -0.2) is 0 Å². The highest BCUT2D eigenvalue weighted by molar-refractivity contribution is 6.30. The molecule has 0 bridgehead atoms. The van der Waals surface area contributed by atoms with Crippen LogP contribution in [0.15, 0.2) is 24.4 Å². The highest BCUT2D eigenvalue weighted by Crippen LogP contribution is 2.23. The molecule has 2 aromatic rings. The summed E-state index contributed by atoms with van der Waals surface area (Å²) in [6.45, 7) is 6.31. The lowest BCUT2D eigenvalue weighted by atomic mass is 10.2. The van der Waals surface area contributed by atoms with Gasteiger partial charge in [0.05, 0.1) is 6.20 Å². The number of amides is 1. The lowest BCUT2D eigenvalue weighted by Crippen LogP contribution is -2.48. The van der Waals surface area contributed by atoms with Crippen LogP contribution in [0.1, 0.15) is 12.5 Å². The highest BCUT2D eigenvalue weighted by atomic mass is 35.5. The molecule has 7 nitrogen and oxygen atoms in total. The fourth-order valence-corrected chi connectivity index (χ4v) is 2.84. The van der Waals surface area contributed by atoms with E-state index in [4.69, 9.17) is 11.6 Å². The smallest absolute Gasteiger partial charge is 0.247 e.